The van der Waals surface area contributed by atoms with Crippen LogP contribution in [0.3, 0.4) is 0 Å². The summed E-state index contributed by atoms with van der Waals surface area (Å²) >= 11 is 0. The van der Waals surface area contributed by atoms with Crippen LogP contribution in [0.1, 0.15) is 0 Å². The molecule has 0 bridgehead atoms. The molecule has 0 atom stereocenters. The Morgan fingerprint density at radius 3 is 1.00 bits per heavy atom. The van der Waals surface area contributed by atoms with Crippen molar-refractivity contribution >= 4 is 0 Å². The molecule has 0 aliphatic heterocycles. The maximum absolute atomic E-state index is 0. The molecule has 0 spiro atoms. The summed E-state index contributed by atoms with van der Waals surface area (Å²) in [6.07, 6.45) is 0. The van der Waals surface area contributed by atoms with Crippen molar-refractivity contribution in [3.63, 3.8) is 0 Å². The Balaban J connectivity index is 0. The molecule has 5 radical (unpaired) electrons. The molecule has 0 saturated heterocycles. The normalized spacial score (nSPS) is 0. The summed E-state index contributed by atoms with van der Waals surface area (Å²) in [4.78, 5) is 0. The van der Waals surface area contributed by atoms with Gasteiger partial charge in [-0.15, -0.1) is 0 Å². The maximum Gasteiger partial charge on any atom is 0 e. The van der Waals surface area contributed by atoms with Gasteiger partial charge in [0, 0.05) is 58.3 Å². The van der Waals surface area contributed by atoms with Crippen LogP contribution in [0, 0.1) is 7.43 Å². The fraction of sp³-hybridized carbons (Fsp3) is 0. The molecule has 0 fully saturated rings. The minimum Gasteiger partial charge on any atom is 0 e. The average molecular weight is 178 g/mol. The number of hydrogen-bond acceptors (Lipinski definition) is 0. The van der Waals surface area contributed by atoms with Gasteiger partial charge in [0.2, 0.25) is 0 Å². The van der Waals surface area contributed by atoms with E-state index in [1.807, 2.05) is 0 Å². The monoisotopic (exact) mass is 177 g/mol. The second-order valence-corrected chi connectivity index (χ2v) is 0. The van der Waals surface area contributed by atoms with Crippen LogP contribution in [0.4, 0.5) is 0 Å². The van der Waals surface area contributed by atoms with Crippen LogP contribution in [0.2, 0.25) is 0 Å². The Morgan fingerprint density at radius 1 is 1.00 bits per heavy atom. The van der Waals surface area contributed by atoms with Crippen LogP contribution >= 0.6 is 0 Å². The number of hydrogen-bond donors (Lipinski definition) is 0. The van der Waals surface area contributed by atoms with Crippen molar-refractivity contribution < 1.29 is 50.9 Å². The molecule has 0 aliphatic rings. The molecule has 0 rings (SSSR count). The predicted molar refractivity (Wildman–Crippen MR) is 3.24 cm³/mol. The molecule has 3 heteroatoms. The van der Waals surface area contributed by atoms with Gasteiger partial charge in [0.05, 0.1) is 0 Å². The molecule has 0 aromatic heterocycles. The zero-order valence-corrected chi connectivity index (χ0v) is 5.05. The Kier molecular flexibility index (Phi) is 287. The largest absolute Gasteiger partial charge is 0 e. The van der Waals surface area contributed by atoms with Crippen molar-refractivity contribution in [2.45, 2.75) is 0 Å². The summed E-state index contributed by atoms with van der Waals surface area (Å²) in [7, 11) is 0. The van der Waals surface area contributed by atoms with E-state index in [0.29, 0.717) is 0 Å². The molecule has 0 aromatic rings. The molecular formula is CCrMnNi. The first kappa shape index (κ1) is 48.0. The van der Waals surface area contributed by atoms with Crippen molar-refractivity contribution in [1.29, 1.82) is 0 Å². The SMILES string of the molecule is [C].[Cr].[Mn].[Ni]. The van der Waals surface area contributed by atoms with E-state index in [1.54, 1.807) is 0 Å². The van der Waals surface area contributed by atoms with Crippen molar-refractivity contribution in [2.75, 3.05) is 0 Å². The quantitative estimate of drug-likeness (QED) is 0.460. The van der Waals surface area contributed by atoms with Crippen LogP contribution in [0.15, 0.2) is 0 Å². The van der Waals surface area contributed by atoms with Gasteiger partial charge in [0.15, 0.2) is 0 Å². The molecule has 0 amide bonds. The van der Waals surface area contributed by atoms with Crippen molar-refractivity contribution in [3.8, 4) is 0 Å². The van der Waals surface area contributed by atoms with E-state index in [-0.39, 0.29) is 58.3 Å². The van der Waals surface area contributed by atoms with E-state index < -0.39 is 0 Å². The third-order valence-electron chi connectivity index (χ3n) is 0. The summed E-state index contributed by atoms with van der Waals surface area (Å²) in [5.74, 6) is 0. The van der Waals surface area contributed by atoms with Gasteiger partial charge in [0.25, 0.3) is 0 Å². The Hall–Kier alpha value is 1.55. The first-order chi connectivity index (χ1) is 0. The Labute approximate surface area is 58.3 Å². The molecule has 4 heavy (non-hydrogen) atoms. The predicted octanol–water partition coefficient (Wildman–Crippen LogP) is 0.0738. The third kappa shape index (κ3) is 9.62. The van der Waals surface area contributed by atoms with Crippen molar-refractivity contribution in [2.24, 2.45) is 0 Å². The van der Waals surface area contributed by atoms with Crippen LogP contribution in [-0.4, -0.2) is 0 Å². The molecule has 0 aromatic carbocycles. The van der Waals surface area contributed by atoms with Crippen molar-refractivity contribution in [1.82, 2.24) is 0 Å². The molecule has 0 N–H and O–H groups in total. The number of rotatable bonds is 0. The van der Waals surface area contributed by atoms with Gasteiger partial charge in [-0.25, -0.2) is 0 Å². The Morgan fingerprint density at radius 2 is 1.00 bits per heavy atom. The molecule has 0 heterocycles. The zero-order valence-electron chi connectivity index (χ0n) is 1.60. The first-order valence-corrected chi connectivity index (χ1v) is 0. The van der Waals surface area contributed by atoms with Crippen LogP contribution in [-0.2, 0) is 50.9 Å². The third-order valence-corrected chi connectivity index (χ3v) is 0. The van der Waals surface area contributed by atoms with Gasteiger partial charge in [0.1, 0.15) is 0 Å². The van der Waals surface area contributed by atoms with E-state index in [2.05, 4.69) is 0 Å². The second kappa shape index (κ2) is 23.9. The van der Waals surface area contributed by atoms with Gasteiger partial charge < -0.3 is 0 Å². The first-order valence-electron chi connectivity index (χ1n) is 0. The van der Waals surface area contributed by atoms with Crippen LogP contribution in [0.25, 0.3) is 0 Å². The van der Waals surface area contributed by atoms with E-state index in [9.17, 15) is 0 Å². The Bertz CT molecular complexity index is 8.00. The standard InChI is InChI=1S/C.Cr.Mn.Ni. The van der Waals surface area contributed by atoms with E-state index in [0.717, 1.165) is 0 Å². The summed E-state index contributed by atoms with van der Waals surface area (Å²) < 4.78 is 0. The summed E-state index contributed by atoms with van der Waals surface area (Å²) in [6, 6.07) is 0. The van der Waals surface area contributed by atoms with Crippen LogP contribution in [0.5, 0.6) is 0 Å². The second-order valence-electron chi connectivity index (χ2n) is 0. The van der Waals surface area contributed by atoms with Gasteiger partial charge in [-0.1, -0.05) is 0 Å². The zero-order chi connectivity index (χ0) is 0. The maximum atomic E-state index is 0. The average Bonchev–Trinajstić information content (AvgIpc) is 0. The van der Waals surface area contributed by atoms with Gasteiger partial charge in [-0.2, -0.15) is 0 Å². The van der Waals surface area contributed by atoms with Crippen LogP contribution < -0.4 is 0 Å². The van der Waals surface area contributed by atoms with Gasteiger partial charge in [-0.3, -0.25) is 0 Å². The molecular weight excluding hydrogens is 178 g/mol. The molecule has 0 aliphatic carbocycles. The smallest absolute Gasteiger partial charge is 0 e. The van der Waals surface area contributed by atoms with Gasteiger partial charge >= 0.3 is 0 Å². The van der Waals surface area contributed by atoms with E-state index in [4.69, 9.17) is 0 Å². The summed E-state index contributed by atoms with van der Waals surface area (Å²) in [5.41, 5.74) is 0. The molecule has 0 nitrogen and oxygen atoms in total. The topological polar surface area (TPSA) is 0 Å². The molecule has 0 saturated carbocycles. The minimum atomic E-state index is 0. The van der Waals surface area contributed by atoms with Crippen molar-refractivity contribution in [3.05, 3.63) is 7.43 Å². The van der Waals surface area contributed by atoms with E-state index >= 15 is 0 Å². The van der Waals surface area contributed by atoms with E-state index in [1.165, 1.54) is 0 Å². The fourth-order valence-electron chi connectivity index (χ4n) is 0. The summed E-state index contributed by atoms with van der Waals surface area (Å²) in [6.45, 7) is 0. The minimum absolute atomic E-state index is 0. The summed E-state index contributed by atoms with van der Waals surface area (Å²) in [5, 5.41) is 0. The fourth-order valence-corrected chi connectivity index (χ4v) is 0. The molecule has 0 unspecified atom stereocenters. The van der Waals surface area contributed by atoms with Gasteiger partial charge in [-0.05, 0) is 0 Å². The molecule has 27 valence electrons.